The minimum absolute atomic E-state index is 0.0497. The van der Waals surface area contributed by atoms with Crippen molar-refractivity contribution in [1.82, 2.24) is 5.32 Å². The summed E-state index contributed by atoms with van der Waals surface area (Å²) in [6.07, 6.45) is -4.73. The number of hydrogen-bond acceptors (Lipinski definition) is 2. The van der Waals surface area contributed by atoms with Crippen LogP contribution >= 0.6 is 0 Å². The van der Waals surface area contributed by atoms with E-state index < -0.39 is 17.6 Å². The Morgan fingerprint density at radius 2 is 1.90 bits per heavy atom. The normalized spacial score (nSPS) is 13.4. The lowest BCUT2D eigenvalue weighted by molar-refractivity contribution is -0.139. The van der Waals surface area contributed by atoms with Gasteiger partial charge in [-0.3, -0.25) is 0 Å². The number of halogens is 4. The Balaban J connectivity index is 2.35. The van der Waals surface area contributed by atoms with E-state index in [9.17, 15) is 17.6 Å². The number of benzene rings is 1. The number of nitrogens with one attached hydrogen (secondary N) is 1. The highest BCUT2D eigenvalue weighted by Gasteiger charge is 2.34. The maximum Gasteiger partial charge on any atom is 0.419 e. The zero-order valence-electron chi connectivity index (χ0n) is 11.6. The molecule has 2 nitrogen and oxygen atoms in total. The largest absolute Gasteiger partial charge is 0.459 e. The first-order valence-corrected chi connectivity index (χ1v) is 6.53. The van der Waals surface area contributed by atoms with Crippen LogP contribution in [0.25, 0.3) is 11.3 Å². The Hall–Kier alpha value is -1.82. The molecule has 2 aromatic rings. The highest BCUT2D eigenvalue weighted by atomic mass is 19.4. The quantitative estimate of drug-likeness (QED) is 0.822. The van der Waals surface area contributed by atoms with E-state index in [2.05, 4.69) is 5.32 Å². The van der Waals surface area contributed by atoms with Crippen molar-refractivity contribution in [2.75, 3.05) is 6.54 Å². The molecule has 0 amide bonds. The third-order valence-electron chi connectivity index (χ3n) is 3.12. The molecule has 6 heteroatoms. The molecule has 0 bridgehead atoms. The Labute approximate surface area is 119 Å². The Morgan fingerprint density at radius 3 is 2.52 bits per heavy atom. The fraction of sp³-hybridized carbons (Fsp3) is 0.333. The maximum absolute atomic E-state index is 13.3. The highest BCUT2D eigenvalue weighted by Crippen LogP contribution is 2.35. The molecule has 0 fully saturated rings. The number of hydrogen-bond donors (Lipinski definition) is 1. The summed E-state index contributed by atoms with van der Waals surface area (Å²) in [4.78, 5) is 0. The van der Waals surface area contributed by atoms with E-state index in [4.69, 9.17) is 4.42 Å². The van der Waals surface area contributed by atoms with Crippen LogP contribution in [-0.2, 0) is 6.18 Å². The SMILES string of the molecule is CCNC(C)c1ccc(-c2ccc(F)c(C(F)(F)F)c2)o1. The Morgan fingerprint density at radius 1 is 1.19 bits per heavy atom. The second-order valence-corrected chi connectivity index (χ2v) is 4.67. The number of alkyl halides is 3. The van der Waals surface area contributed by atoms with Crippen LogP contribution in [-0.4, -0.2) is 6.54 Å². The molecule has 0 spiro atoms. The lowest BCUT2D eigenvalue weighted by Gasteiger charge is -2.10. The van der Waals surface area contributed by atoms with E-state index in [1.165, 1.54) is 6.07 Å². The van der Waals surface area contributed by atoms with E-state index in [0.29, 0.717) is 5.76 Å². The van der Waals surface area contributed by atoms with Gasteiger partial charge in [0, 0.05) is 5.56 Å². The zero-order chi connectivity index (χ0) is 15.6. The van der Waals surface area contributed by atoms with Crippen molar-refractivity contribution in [3.05, 3.63) is 47.5 Å². The van der Waals surface area contributed by atoms with Crippen LogP contribution in [0.1, 0.15) is 31.2 Å². The third-order valence-corrected chi connectivity index (χ3v) is 3.12. The fourth-order valence-electron chi connectivity index (χ4n) is 2.04. The van der Waals surface area contributed by atoms with Gasteiger partial charge in [0.15, 0.2) is 0 Å². The lowest BCUT2D eigenvalue weighted by atomic mass is 10.1. The fourth-order valence-corrected chi connectivity index (χ4v) is 2.04. The molecule has 0 saturated carbocycles. The van der Waals surface area contributed by atoms with Crippen LogP contribution in [0.4, 0.5) is 17.6 Å². The second-order valence-electron chi connectivity index (χ2n) is 4.67. The van der Waals surface area contributed by atoms with Crippen molar-refractivity contribution in [3.63, 3.8) is 0 Å². The zero-order valence-corrected chi connectivity index (χ0v) is 11.6. The highest BCUT2D eigenvalue weighted by molar-refractivity contribution is 5.59. The van der Waals surface area contributed by atoms with Crippen molar-refractivity contribution in [1.29, 1.82) is 0 Å². The standard InChI is InChI=1S/C15H15F4NO/c1-3-20-9(2)13-6-7-14(21-13)10-4-5-12(16)11(8-10)15(17,18)19/h4-9,20H,3H2,1-2H3. The average molecular weight is 301 g/mol. The van der Waals surface area contributed by atoms with E-state index in [1.54, 1.807) is 12.1 Å². The van der Waals surface area contributed by atoms with Gasteiger partial charge in [-0.2, -0.15) is 13.2 Å². The van der Waals surface area contributed by atoms with Gasteiger partial charge in [-0.1, -0.05) is 6.92 Å². The predicted molar refractivity (Wildman–Crippen MR) is 71.2 cm³/mol. The van der Waals surface area contributed by atoms with Crippen molar-refractivity contribution in [2.24, 2.45) is 0 Å². The van der Waals surface area contributed by atoms with Crippen molar-refractivity contribution >= 4 is 0 Å². The molecule has 1 atom stereocenters. The van der Waals surface area contributed by atoms with Gasteiger partial charge in [0.1, 0.15) is 17.3 Å². The smallest absolute Gasteiger partial charge is 0.419 e. The van der Waals surface area contributed by atoms with Crippen molar-refractivity contribution in [3.8, 4) is 11.3 Å². The predicted octanol–water partition coefficient (Wildman–Crippen LogP) is 4.78. The van der Waals surface area contributed by atoms with Crippen LogP contribution < -0.4 is 5.32 Å². The molecular formula is C15H15F4NO. The van der Waals surface area contributed by atoms with Crippen LogP contribution in [0.5, 0.6) is 0 Å². The molecular weight excluding hydrogens is 286 g/mol. The van der Waals surface area contributed by atoms with E-state index in [1.807, 2.05) is 13.8 Å². The van der Waals surface area contributed by atoms with Gasteiger partial charge in [-0.15, -0.1) is 0 Å². The minimum atomic E-state index is -4.73. The van der Waals surface area contributed by atoms with Gasteiger partial charge in [-0.25, -0.2) is 4.39 Å². The summed E-state index contributed by atoms with van der Waals surface area (Å²) < 4.78 is 56.9. The van der Waals surface area contributed by atoms with E-state index in [-0.39, 0.29) is 17.4 Å². The summed E-state index contributed by atoms with van der Waals surface area (Å²) >= 11 is 0. The van der Waals surface area contributed by atoms with Crippen LogP contribution in [0.3, 0.4) is 0 Å². The molecule has 0 saturated heterocycles. The van der Waals surface area contributed by atoms with Gasteiger partial charge >= 0.3 is 6.18 Å². The molecule has 1 aromatic carbocycles. The number of rotatable bonds is 4. The van der Waals surface area contributed by atoms with Gasteiger partial charge in [0.25, 0.3) is 0 Å². The minimum Gasteiger partial charge on any atom is -0.459 e. The molecule has 1 N–H and O–H groups in total. The van der Waals surface area contributed by atoms with E-state index in [0.717, 1.165) is 18.7 Å². The lowest BCUT2D eigenvalue weighted by Crippen LogP contribution is -2.16. The maximum atomic E-state index is 13.3. The third kappa shape index (κ3) is 3.44. The molecule has 0 radical (unpaired) electrons. The summed E-state index contributed by atoms with van der Waals surface area (Å²) in [6, 6.07) is 6.05. The molecule has 114 valence electrons. The molecule has 21 heavy (non-hydrogen) atoms. The topological polar surface area (TPSA) is 25.2 Å². The molecule has 0 aliphatic heterocycles. The summed E-state index contributed by atoms with van der Waals surface area (Å²) in [5.41, 5.74) is -1.10. The van der Waals surface area contributed by atoms with Crippen LogP contribution in [0.2, 0.25) is 0 Å². The van der Waals surface area contributed by atoms with Crippen LogP contribution in [0, 0.1) is 5.82 Å². The monoisotopic (exact) mass is 301 g/mol. The van der Waals surface area contributed by atoms with Gasteiger partial charge in [0.05, 0.1) is 11.6 Å². The number of furan rings is 1. The first kappa shape index (κ1) is 15.6. The Kier molecular flexibility index (Phi) is 4.37. The summed E-state index contributed by atoms with van der Waals surface area (Å²) in [6.45, 7) is 4.57. The van der Waals surface area contributed by atoms with Gasteiger partial charge in [-0.05, 0) is 43.8 Å². The molecule has 0 aliphatic rings. The first-order chi connectivity index (χ1) is 9.82. The van der Waals surface area contributed by atoms with Crippen molar-refractivity contribution < 1.29 is 22.0 Å². The van der Waals surface area contributed by atoms with Gasteiger partial charge in [0.2, 0.25) is 0 Å². The summed E-state index contributed by atoms with van der Waals surface area (Å²) in [7, 11) is 0. The Bertz CT molecular complexity index is 618. The molecule has 1 heterocycles. The molecule has 2 rings (SSSR count). The van der Waals surface area contributed by atoms with E-state index >= 15 is 0 Å². The molecule has 1 aromatic heterocycles. The first-order valence-electron chi connectivity index (χ1n) is 6.53. The second kappa shape index (κ2) is 5.89. The molecule has 0 aliphatic carbocycles. The molecule has 1 unspecified atom stereocenters. The summed E-state index contributed by atoms with van der Waals surface area (Å²) in [5.74, 6) is -0.399. The summed E-state index contributed by atoms with van der Waals surface area (Å²) in [5, 5.41) is 3.14. The van der Waals surface area contributed by atoms with Gasteiger partial charge < -0.3 is 9.73 Å². The van der Waals surface area contributed by atoms with Crippen LogP contribution in [0.15, 0.2) is 34.7 Å². The van der Waals surface area contributed by atoms with Crippen molar-refractivity contribution in [2.45, 2.75) is 26.1 Å². The average Bonchev–Trinajstić information content (AvgIpc) is 2.88.